The monoisotopic (exact) mass is 409 g/mol. The molecule has 0 aliphatic rings. The maximum atomic E-state index is 12.3. The summed E-state index contributed by atoms with van der Waals surface area (Å²) in [6, 6.07) is 19.3. The first-order valence-electron chi connectivity index (χ1n) is 8.38. The maximum Gasteiger partial charge on any atom is 0.319 e. The van der Waals surface area contributed by atoms with Crippen LogP contribution in [0, 0.1) is 6.92 Å². The number of halogens is 1. The Morgan fingerprint density at radius 3 is 2.46 bits per heavy atom. The van der Waals surface area contributed by atoms with E-state index in [9.17, 15) is 4.79 Å². The zero-order valence-corrected chi connectivity index (χ0v) is 16.2. The lowest BCUT2D eigenvalue weighted by Gasteiger charge is -2.16. The zero-order valence-electron chi connectivity index (χ0n) is 14.7. The van der Waals surface area contributed by atoms with Crippen LogP contribution in [0.1, 0.15) is 24.2 Å². The second-order valence-corrected chi connectivity index (χ2v) is 6.96. The van der Waals surface area contributed by atoms with Gasteiger partial charge in [-0.25, -0.2) is 4.79 Å². The Morgan fingerprint density at radius 2 is 1.77 bits per heavy atom. The van der Waals surface area contributed by atoms with Crippen LogP contribution in [0.4, 0.5) is 10.5 Å². The summed E-state index contributed by atoms with van der Waals surface area (Å²) in [7, 11) is 0. The number of amides is 2. The molecule has 0 aliphatic heterocycles. The SMILES string of the molecule is Cc1cc(-c2ccc(NC(=O)NC(C)c3ccccc3Br)cc2)ccn1. The summed E-state index contributed by atoms with van der Waals surface area (Å²) in [4.78, 5) is 16.5. The zero-order chi connectivity index (χ0) is 18.5. The highest BCUT2D eigenvalue weighted by Crippen LogP contribution is 2.24. The van der Waals surface area contributed by atoms with Gasteiger partial charge in [0.1, 0.15) is 0 Å². The molecule has 5 heteroatoms. The van der Waals surface area contributed by atoms with Gasteiger partial charge >= 0.3 is 6.03 Å². The standard InChI is InChI=1S/C21H20BrN3O/c1-14-13-17(11-12-23-14)16-7-9-18(10-8-16)25-21(26)24-15(2)19-5-3-4-6-20(19)22/h3-13,15H,1-2H3,(H2,24,25,26). The van der Waals surface area contributed by atoms with E-state index in [1.54, 1.807) is 6.20 Å². The summed E-state index contributed by atoms with van der Waals surface area (Å²) in [6.45, 7) is 3.92. The van der Waals surface area contributed by atoms with Gasteiger partial charge in [-0.1, -0.05) is 46.3 Å². The fourth-order valence-electron chi connectivity index (χ4n) is 2.74. The quantitative estimate of drug-likeness (QED) is 0.580. The number of carbonyl (C=O) groups excluding carboxylic acids is 1. The van der Waals surface area contributed by atoms with Crippen molar-refractivity contribution >= 4 is 27.6 Å². The van der Waals surface area contributed by atoms with Gasteiger partial charge in [-0.15, -0.1) is 0 Å². The molecule has 0 fully saturated rings. The Kier molecular flexibility index (Phi) is 5.68. The van der Waals surface area contributed by atoms with Crippen molar-refractivity contribution in [1.82, 2.24) is 10.3 Å². The van der Waals surface area contributed by atoms with Gasteiger partial charge in [0.05, 0.1) is 6.04 Å². The van der Waals surface area contributed by atoms with Crippen molar-refractivity contribution in [1.29, 1.82) is 0 Å². The number of carbonyl (C=O) groups is 1. The van der Waals surface area contributed by atoms with Crippen molar-refractivity contribution in [2.24, 2.45) is 0 Å². The predicted octanol–water partition coefficient (Wildman–Crippen LogP) is 5.70. The van der Waals surface area contributed by atoms with Gasteiger partial charge in [0.15, 0.2) is 0 Å². The second-order valence-electron chi connectivity index (χ2n) is 6.10. The molecule has 0 saturated carbocycles. The van der Waals surface area contributed by atoms with Gasteiger partial charge in [-0.05, 0) is 60.9 Å². The number of hydrogen-bond acceptors (Lipinski definition) is 2. The number of anilines is 1. The van der Waals surface area contributed by atoms with E-state index < -0.39 is 0 Å². The number of hydrogen-bond donors (Lipinski definition) is 2. The number of aryl methyl sites for hydroxylation is 1. The molecule has 2 aromatic carbocycles. The van der Waals surface area contributed by atoms with Crippen LogP contribution >= 0.6 is 15.9 Å². The number of pyridine rings is 1. The van der Waals surface area contributed by atoms with Crippen LogP contribution in [0.15, 0.2) is 71.3 Å². The van der Waals surface area contributed by atoms with E-state index in [0.29, 0.717) is 0 Å². The van der Waals surface area contributed by atoms with Crippen LogP contribution < -0.4 is 10.6 Å². The smallest absolute Gasteiger partial charge is 0.319 e. The topological polar surface area (TPSA) is 54.0 Å². The van der Waals surface area contributed by atoms with Crippen molar-refractivity contribution in [2.45, 2.75) is 19.9 Å². The highest BCUT2D eigenvalue weighted by molar-refractivity contribution is 9.10. The molecule has 4 nitrogen and oxygen atoms in total. The van der Waals surface area contributed by atoms with Gasteiger partial charge in [-0.2, -0.15) is 0 Å². The molecule has 1 heterocycles. The highest BCUT2D eigenvalue weighted by atomic mass is 79.9. The van der Waals surface area contributed by atoms with Crippen molar-refractivity contribution in [3.05, 3.63) is 82.6 Å². The van der Waals surface area contributed by atoms with E-state index in [1.807, 2.05) is 74.5 Å². The molecule has 3 aromatic rings. The molecule has 2 N–H and O–H groups in total. The molecule has 1 unspecified atom stereocenters. The van der Waals surface area contributed by atoms with Gasteiger partial charge in [-0.3, -0.25) is 4.98 Å². The fourth-order valence-corrected chi connectivity index (χ4v) is 3.37. The minimum Gasteiger partial charge on any atom is -0.331 e. The molecule has 0 bridgehead atoms. The van der Waals surface area contributed by atoms with Gasteiger partial charge in [0.25, 0.3) is 0 Å². The molecule has 132 valence electrons. The number of nitrogens with one attached hydrogen (secondary N) is 2. The summed E-state index contributed by atoms with van der Waals surface area (Å²) >= 11 is 3.51. The van der Waals surface area contributed by atoms with Crippen LogP contribution in [-0.2, 0) is 0 Å². The second kappa shape index (κ2) is 8.15. The lowest BCUT2D eigenvalue weighted by atomic mass is 10.1. The predicted molar refractivity (Wildman–Crippen MR) is 109 cm³/mol. The summed E-state index contributed by atoms with van der Waals surface area (Å²) in [6.07, 6.45) is 1.80. The molecule has 0 radical (unpaired) electrons. The van der Waals surface area contributed by atoms with Crippen LogP contribution in [0.2, 0.25) is 0 Å². The van der Waals surface area contributed by atoms with Gasteiger partial charge in [0.2, 0.25) is 0 Å². The average molecular weight is 410 g/mol. The third-order valence-corrected chi connectivity index (χ3v) is 4.81. The number of nitrogens with zero attached hydrogens (tertiary/aromatic N) is 1. The molecule has 0 aliphatic carbocycles. The van der Waals surface area contributed by atoms with Crippen molar-refractivity contribution < 1.29 is 4.79 Å². The van der Waals surface area contributed by atoms with Gasteiger partial charge in [0, 0.05) is 22.1 Å². The molecule has 3 rings (SSSR count). The molecule has 1 aromatic heterocycles. The van der Waals surface area contributed by atoms with Crippen molar-refractivity contribution in [2.75, 3.05) is 5.32 Å². The normalized spacial score (nSPS) is 11.7. The third-order valence-electron chi connectivity index (χ3n) is 4.09. The number of benzene rings is 2. The minimum absolute atomic E-state index is 0.107. The summed E-state index contributed by atoms with van der Waals surface area (Å²) < 4.78 is 0.977. The fraction of sp³-hybridized carbons (Fsp3) is 0.143. The summed E-state index contributed by atoms with van der Waals surface area (Å²) in [5, 5.41) is 5.83. The first-order chi connectivity index (χ1) is 12.5. The number of aromatic nitrogens is 1. The third kappa shape index (κ3) is 4.49. The average Bonchev–Trinajstić information content (AvgIpc) is 2.62. The van der Waals surface area contributed by atoms with E-state index in [2.05, 4.69) is 31.5 Å². The summed E-state index contributed by atoms with van der Waals surface area (Å²) in [5.41, 5.74) is 4.95. The molecular weight excluding hydrogens is 390 g/mol. The molecule has 0 spiro atoms. The van der Waals surface area contributed by atoms with E-state index in [1.165, 1.54) is 0 Å². The lowest BCUT2D eigenvalue weighted by Crippen LogP contribution is -2.31. The highest BCUT2D eigenvalue weighted by Gasteiger charge is 2.12. The largest absolute Gasteiger partial charge is 0.331 e. The molecule has 1 atom stereocenters. The minimum atomic E-state index is -0.235. The van der Waals surface area contributed by atoms with Gasteiger partial charge < -0.3 is 10.6 Å². The Balaban J connectivity index is 1.64. The number of rotatable bonds is 4. The van der Waals surface area contributed by atoms with Crippen molar-refractivity contribution in [3.63, 3.8) is 0 Å². The van der Waals surface area contributed by atoms with E-state index in [0.717, 1.165) is 32.5 Å². The van der Waals surface area contributed by atoms with Crippen LogP contribution in [0.5, 0.6) is 0 Å². The molecule has 0 saturated heterocycles. The Morgan fingerprint density at radius 1 is 1.04 bits per heavy atom. The Labute approximate surface area is 161 Å². The summed E-state index contributed by atoms with van der Waals surface area (Å²) in [5.74, 6) is 0. The Bertz CT molecular complexity index is 909. The van der Waals surface area contributed by atoms with Crippen LogP contribution in [-0.4, -0.2) is 11.0 Å². The van der Waals surface area contributed by atoms with E-state index in [4.69, 9.17) is 0 Å². The maximum absolute atomic E-state index is 12.3. The first-order valence-corrected chi connectivity index (χ1v) is 9.17. The van der Waals surface area contributed by atoms with Crippen LogP contribution in [0.25, 0.3) is 11.1 Å². The van der Waals surface area contributed by atoms with E-state index in [-0.39, 0.29) is 12.1 Å². The first kappa shape index (κ1) is 18.1. The number of urea groups is 1. The molecule has 2 amide bonds. The lowest BCUT2D eigenvalue weighted by molar-refractivity contribution is 0.249. The molecular formula is C21H20BrN3O. The van der Waals surface area contributed by atoms with Crippen LogP contribution in [0.3, 0.4) is 0 Å². The Hall–Kier alpha value is -2.66. The van der Waals surface area contributed by atoms with Crippen molar-refractivity contribution in [3.8, 4) is 11.1 Å². The molecule has 26 heavy (non-hydrogen) atoms. The van der Waals surface area contributed by atoms with E-state index >= 15 is 0 Å².